The molecule has 0 N–H and O–H groups in total. The molecule has 1 fully saturated rings. The van der Waals surface area contributed by atoms with Gasteiger partial charge in [-0.2, -0.15) is 0 Å². The molecule has 0 radical (unpaired) electrons. The summed E-state index contributed by atoms with van der Waals surface area (Å²) in [4.78, 5) is 2.70. The summed E-state index contributed by atoms with van der Waals surface area (Å²) in [5, 5.41) is 0.832. The Kier molecular flexibility index (Phi) is 6.52. The number of benzene rings is 1. The van der Waals surface area contributed by atoms with E-state index in [-0.39, 0.29) is 5.54 Å². The maximum atomic E-state index is 6.12. The van der Waals surface area contributed by atoms with E-state index in [2.05, 4.69) is 62.1 Å². The largest absolute Gasteiger partial charge is 0.290 e. The van der Waals surface area contributed by atoms with Gasteiger partial charge in [-0.3, -0.25) is 4.90 Å². The Hall–Kier alpha value is -0.790. The molecule has 2 rings (SSSR count). The van der Waals surface area contributed by atoms with Gasteiger partial charge >= 0.3 is 0 Å². The molecule has 2 unspecified atom stereocenters. The van der Waals surface area contributed by atoms with Crippen LogP contribution >= 0.6 is 11.6 Å². The fourth-order valence-electron chi connectivity index (χ4n) is 4.00. The van der Waals surface area contributed by atoms with E-state index in [0.717, 1.165) is 24.0 Å². The third-order valence-electron chi connectivity index (χ3n) is 5.02. The molecule has 1 aliphatic rings. The summed E-state index contributed by atoms with van der Waals surface area (Å²) in [6.07, 6.45) is 10.9. The molecule has 1 aliphatic carbocycles. The molecule has 0 amide bonds. The molecule has 1 nitrogen and oxygen atoms in total. The molecule has 2 atom stereocenters. The van der Waals surface area contributed by atoms with Crippen LogP contribution in [0.3, 0.4) is 0 Å². The third-order valence-corrected chi connectivity index (χ3v) is 5.27. The first-order chi connectivity index (χ1) is 10.6. The first-order valence-electron chi connectivity index (χ1n) is 8.74. The lowest BCUT2D eigenvalue weighted by Gasteiger charge is -2.48. The van der Waals surface area contributed by atoms with Crippen molar-refractivity contribution in [2.24, 2.45) is 5.92 Å². The molecule has 0 heterocycles. The molecular weight excluding hydrogens is 290 g/mol. The van der Waals surface area contributed by atoms with Crippen molar-refractivity contribution in [2.75, 3.05) is 13.1 Å². The number of hydrogen-bond acceptors (Lipinski definition) is 1. The predicted molar refractivity (Wildman–Crippen MR) is 97.4 cm³/mol. The molecule has 0 spiro atoms. The van der Waals surface area contributed by atoms with Crippen molar-refractivity contribution in [3.63, 3.8) is 0 Å². The van der Waals surface area contributed by atoms with Gasteiger partial charge in [-0.25, -0.2) is 0 Å². The Morgan fingerprint density at radius 1 is 1.32 bits per heavy atom. The van der Waals surface area contributed by atoms with Crippen molar-refractivity contribution in [1.29, 1.82) is 0 Å². The van der Waals surface area contributed by atoms with Gasteiger partial charge in [0.2, 0.25) is 0 Å². The van der Waals surface area contributed by atoms with Crippen molar-refractivity contribution < 1.29 is 0 Å². The van der Waals surface area contributed by atoms with E-state index < -0.39 is 0 Å². The van der Waals surface area contributed by atoms with Crippen LogP contribution in [0.2, 0.25) is 5.02 Å². The summed E-state index contributed by atoms with van der Waals surface area (Å²) in [5.74, 6) is 0.786. The zero-order chi connectivity index (χ0) is 16.0. The van der Waals surface area contributed by atoms with Crippen LogP contribution in [0.25, 0.3) is 0 Å². The second-order valence-corrected chi connectivity index (χ2v) is 7.19. The Labute approximate surface area is 141 Å². The summed E-state index contributed by atoms with van der Waals surface area (Å²) < 4.78 is 0. The van der Waals surface area contributed by atoms with Gasteiger partial charge in [0.25, 0.3) is 0 Å². The van der Waals surface area contributed by atoms with Gasteiger partial charge in [0, 0.05) is 17.1 Å². The van der Waals surface area contributed by atoms with Crippen LogP contribution < -0.4 is 0 Å². The normalized spacial score (nSPS) is 26.0. The SMILES string of the molecule is CC=CCN(CCC)C1(c2ccc(Cl)cc2)CCCC(C)C1. The number of rotatable bonds is 6. The number of allylic oxidation sites excluding steroid dienone is 1. The lowest BCUT2D eigenvalue weighted by molar-refractivity contribution is 0.0382. The van der Waals surface area contributed by atoms with E-state index in [4.69, 9.17) is 11.6 Å². The Morgan fingerprint density at radius 2 is 2.05 bits per heavy atom. The van der Waals surface area contributed by atoms with Crippen molar-refractivity contribution in [3.8, 4) is 0 Å². The summed E-state index contributed by atoms with van der Waals surface area (Å²) in [6, 6.07) is 8.60. The molecule has 0 aliphatic heterocycles. The summed E-state index contributed by atoms with van der Waals surface area (Å²) in [7, 11) is 0. The first-order valence-corrected chi connectivity index (χ1v) is 9.12. The summed E-state index contributed by atoms with van der Waals surface area (Å²) in [6.45, 7) is 9.00. The highest BCUT2D eigenvalue weighted by molar-refractivity contribution is 6.30. The van der Waals surface area contributed by atoms with Gasteiger partial charge in [0.05, 0.1) is 0 Å². The zero-order valence-electron chi connectivity index (χ0n) is 14.3. The zero-order valence-corrected chi connectivity index (χ0v) is 15.1. The maximum absolute atomic E-state index is 6.12. The summed E-state index contributed by atoms with van der Waals surface area (Å²) in [5.41, 5.74) is 1.62. The predicted octanol–water partition coefficient (Wildman–Crippen LogP) is 6.03. The molecule has 0 bridgehead atoms. The lowest BCUT2D eigenvalue weighted by atomic mass is 9.71. The minimum Gasteiger partial charge on any atom is -0.290 e. The van der Waals surface area contributed by atoms with E-state index in [0.29, 0.717) is 0 Å². The van der Waals surface area contributed by atoms with E-state index >= 15 is 0 Å². The third kappa shape index (κ3) is 3.94. The average Bonchev–Trinajstić information content (AvgIpc) is 2.52. The molecule has 1 aromatic carbocycles. The molecule has 122 valence electrons. The Morgan fingerprint density at radius 3 is 2.64 bits per heavy atom. The molecule has 0 aromatic heterocycles. The van der Waals surface area contributed by atoms with E-state index in [1.54, 1.807) is 0 Å². The van der Waals surface area contributed by atoms with Crippen LogP contribution in [-0.2, 0) is 5.54 Å². The number of hydrogen-bond donors (Lipinski definition) is 0. The van der Waals surface area contributed by atoms with Gasteiger partial charge in [0.1, 0.15) is 0 Å². The van der Waals surface area contributed by atoms with E-state index in [1.807, 2.05) is 0 Å². The quantitative estimate of drug-likeness (QED) is 0.578. The Balaban J connectivity index is 2.40. The second-order valence-electron chi connectivity index (χ2n) is 6.76. The standard InChI is InChI=1S/C20H30ClN/c1-4-6-15-22(14-5-2)20(13-7-8-17(3)16-20)18-9-11-19(21)12-10-18/h4,6,9-12,17H,5,7-8,13-16H2,1-3H3. The number of halogens is 1. The first kappa shape index (κ1) is 17.6. The monoisotopic (exact) mass is 319 g/mol. The van der Waals surface area contributed by atoms with E-state index in [9.17, 15) is 0 Å². The van der Waals surface area contributed by atoms with Crippen LogP contribution in [0, 0.1) is 5.92 Å². The molecule has 2 heteroatoms. The highest BCUT2D eigenvalue weighted by Crippen LogP contribution is 2.44. The smallest absolute Gasteiger partial charge is 0.0466 e. The molecule has 0 saturated heterocycles. The van der Waals surface area contributed by atoms with Gasteiger partial charge < -0.3 is 0 Å². The highest BCUT2D eigenvalue weighted by atomic mass is 35.5. The van der Waals surface area contributed by atoms with Crippen LogP contribution in [0.4, 0.5) is 0 Å². The fraction of sp³-hybridized carbons (Fsp3) is 0.600. The van der Waals surface area contributed by atoms with Crippen LogP contribution in [0.5, 0.6) is 0 Å². The summed E-state index contributed by atoms with van der Waals surface area (Å²) >= 11 is 6.12. The van der Waals surface area contributed by atoms with Crippen molar-refractivity contribution in [3.05, 3.63) is 47.0 Å². The molecular formula is C20H30ClN. The molecule has 1 saturated carbocycles. The second kappa shape index (κ2) is 8.17. The van der Waals surface area contributed by atoms with Crippen LogP contribution in [0.15, 0.2) is 36.4 Å². The maximum Gasteiger partial charge on any atom is 0.0466 e. The number of nitrogens with zero attached hydrogens (tertiary/aromatic N) is 1. The molecule has 1 aromatic rings. The topological polar surface area (TPSA) is 3.24 Å². The van der Waals surface area contributed by atoms with E-state index in [1.165, 1.54) is 37.7 Å². The van der Waals surface area contributed by atoms with Crippen molar-refractivity contribution in [2.45, 2.75) is 58.4 Å². The van der Waals surface area contributed by atoms with Gasteiger partial charge in [-0.05, 0) is 56.3 Å². The lowest BCUT2D eigenvalue weighted by Crippen LogP contribution is -2.49. The highest BCUT2D eigenvalue weighted by Gasteiger charge is 2.40. The average molecular weight is 320 g/mol. The van der Waals surface area contributed by atoms with Gasteiger partial charge in [-0.1, -0.05) is 62.6 Å². The minimum atomic E-state index is 0.178. The Bertz CT molecular complexity index is 479. The van der Waals surface area contributed by atoms with Crippen LogP contribution in [-0.4, -0.2) is 18.0 Å². The molecule has 22 heavy (non-hydrogen) atoms. The van der Waals surface area contributed by atoms with Crippen molar-refractivity contribution >= 4 is 11.6 Å². The van der Waals surface area contributed by atoms with Crippen molar-refractivity contribution in [1.82, 2.24) is 4.90 Å². The fourth-order valence-corrected chi connectivity index (χ4v) is 4.12. The van der Waals surface area contributed by atoms with Gasteiger partial charge in [-0.15, -0.1) is 0 Å². The minimum absolute atomic E-state index is 0.178. The van der Waals surface area contributed by atoms with Crippen LogP contribution in [0.1, 0.15) is 58.4 Å². The van der Waals surface area contributed by atoms with Gasteiger partial charge in [0.15, 0.2) is 0 Å².